The van der Waals surface area contributed by atoms with Crippen LogP contribution in [0, 0.1) is 17.0 Å². The Balaban J connectivity index is 1.50. The molecule has 1 aromatic carbocycles. The van der Waals surface area contributed by atoms with Gasteiger partial charge in [-0.25, -0.2) is 18.7 Å². The lowest BCUT2D eigenvalue weighted by Crippen LogP contribution is -2.38. The molecule has 0 N–H and O–H groups in total. The predicted molar refractivity (Wildman–Crippen MR) is 129 cm³/mol. The van der Waals surface area contributed by atoms with Crippen molar-refractivity contribution in [3.63, 3.8) is 0 Å². The Labute approximate surface area is 206 Å². The van der Waals surface area contributed by atoms with Gasteiger partial charge < -0.3 is 0 Å². The van der Waals surface area contributed by atoms with E-state index in [0.29, 0.717) is 17.1 Å². The Kier molecular flexibility index (Phi) is 4.87. The van der Waals surface area contributed by atoms with Crippen LogP contribution in [0.1, 0.15) is 67.0 Å². The van der Waals surface area contributed by atoms with Crippen LogP contribution in [-0.2, 0) is 5.41 Å². The molecular formula is C28H23F2N5O. The number of halogens is 2. The monoisotopic (exact) mass is 483 g/mol. The predicted octanol–water partition coefficient (Wildman–Crippen LogP) is 5.68. The molecule has 1 fully saturated rings. The minimum absolute atomic E-state index is 0.131. The largest absolute Gasteiger partial charge is 0.293 e. The zero-order valence-electron chi connectivity index (χ0n) is 20.1. The van der Waals surface area contributed by atoms with Gasteiger partial charge in [0, 0.05) is 24.9 Å². The van der Waals surface area contributed by atoms with E-state index in [2.05, 4.69) is 34.0 Å². The highest BCUT2D eigenvalue weighted by Gasteiger charge is 2.65. The number of benzene rings is 1. The van der Waals surface area contributed by atoms with Crippen molar-refractivity contribution in [2.45, 2.75) is 44.9 Å². The molecule has 8 heteroatoms. The molecule has 4 aromatic rings. The number of fused-ring (bicyclic) bond motifs is 5. The normalized spacial score (nSPS) is 21.4. The minimum atomic E-state index is -0.663. The molecular weight excluding hydrogens is 460 g/mol. The number of hydrogen-bond donors (Lipinski definition) is 0. The number of ketones is 1. The fourth-order valence-electron chi connectivity index (χ4n) is 6.25. The first kappa shape index (κ1) is 22.5. The van der Waals surface area contributed by atoms with E-state index < -0.39 is 17.0 Å². The van der Waals surface area contributed by atoms with Crippen molar-refractivity contribution in [3.05, 3.63) is 89.1 Å². The molecule has 3 heterocycles. The van der Waals surface area contributed by atoms with E-state index in [0.717, 1.165) is 29.8 Å². The molecule has 6 rings (SSSR count). The average Bonchev–Trinajstić information content (AvgIpc) is 3.25. The third kappa shape index (κ3) is 3.00. The van der Waals surface area contributed by atoms with Crippen molar-refractivity contribution in [3.8, 4) is 22.6 Å². The summed E-state index contributed by atoms with van der Waals surface area (Å²) >= 11 is 0. The lowest BCUT2D eigenvalue weighted by Gasteiger charge is -2.37. The highest BCUT2D eigenvalue weighted by molar-refractivity contribution is 5.93. The molecule has 0 unspecified atom stereocenters. The Hall–Kier alpha value is -3.94. The van der Waals surface area contributed by atoms with Gasteiger partial charge >= 0.3 is 0 Å². The zero-order valence-corrected chi connectivity index (χ0v) is 20.1. The quantitative estimate of drug-likeness (QED) is 0.348. The van der Waals surface area contributed by atoms with Crippen LogP contribution in [0.15, 0.2) is 54.9 Å². The molecule has 0 saturated heterocycles. The molecule has 0 radical (unpaired) electrons. The average molecular weight is 484 g/mol. The van der Waals surface area contributed by atoms with E-state index >= 15 is 0 Å². The standard InChI is InChI=1S/C28H23F2N5O/c1-15(36)21-13-16(8-11-31-21)26-32-12-9-23(33-26)28-10-7-18(27(28,2)3)17-14-22(34-35-25(17)28)24-19(29)5-4-6-20(24)30/h4-6,8-9,11-14,18H,7,10H2,1-3H3/t18-,28-/m0/s1. The highest BCUT2D eigenvalue weighted by atomic mass is 19.1. The van der Waals surface area contributed by atoms with Gasteiger partial charge in [0.25, 0.3) is 0 Å². The summed E-state index contributed by atoms with van der Waals surface area (Å²) in [5.41, 5.74) is 2.88. The molecule has 0 spiro atoms. The van der Waals surface area contributed by atoms with Crippen molar-refractivity contribution in [1.29, 1.82) is 0 Å². The van der Waals surface area contributed by atoms with E-state index in [1.807, 2.05) is 6.07 Å². The number of hydrogen-bond acceptors (Lipinski definition) is 6. The molecule has 2 bridgehead atoms. The summed E-state index contributed by atoms with van der Waals surface area (Å²) in [6.45, 7) is 5.86. The second-order valence-corrected chi connectivity index (χ2v) is 10.1. The molecule has 2 aliphatic rings. The van der Waals surface area contributed by atoms with E-state index in [1.54, 1.807) is 30.6 Å². The summed E-state index contributed by atoms with van der Waals surface area (Å²) in [5.74, 6) is -0.820. The maximum absolute atomic E-state index is 14.5. The second kappa shape index (κ2) is 7.78. The topological polar surface area (TPSA) is 81.5 Å². The molecule has 2 aliphatic carbocycles. The zero-order chi connectivity index (χ0) is 25.2. The smallest absolute Gasteiger partial charge is 0.178 e. The molecule has 3 aromatic heterocycles. The van der Waals surface area contributed by atoms with Crippen LogP contribution in [0.25, 0.3) is 22.6 Å². The number of carbonyl (C=O) groups excluding carboxylic acids is 1. The number of pyridine rings is 1. The lowest BCUT2D eigenvalue weighted by atomic mass is 9.66. The molecule has 2 atom stereocenters. The molecule has 180 valence electrons. The van der Waals surface area contributed by atoms with E-state index in [4.69, 9.17) is 4.98 Å². The van der Waals surface area contributed by atoms with Gasteiger partial charge in [0.2, 0.25) is 0 Å². The maximum atomic E-state index is 14.5. The summed E-state index contributed by atoms with van der Waals surface area (Å²) in [6, 6.07) is 11.0. The molecule has 6 nitrogen and oxygen atoms in total. The Morgan fingerprint density at radius 1 is 1.00 bits per heavy atom. The van der Waals surface area contributed by atoms with Gasteiger partial charge in [-0.05, 0) is 66.1 Å². The van der Waals surface area contributed by atoms with Crippen molar-refractivity contribution < 1.29 is 13.6 Å². The Morgan fingerprint density at radius 3 is 2.50 bits per heavy atom. The number of Topliss-reactive ketones (excluding diaryl/α,β-unsaturated/α-hetero) is 1. The van der Waals surface area contributed by atoms with Crippen LogP contribution in [0.5, 0.6) is 0 Å². The molecule has 1 saturated carbocycles. The maximum Gasteiger partial charge on any atom is 0.178 e. The van der Waals surface area contributed by atoms with Crippen molar-refractivity contribution in [2.75, 3.05) is 0 Å². The number of nitrogens with zero attached hydrogens (tertiary/aromatic N) is 5. The summed E-state index contributed by atoms with van der Waals surface area (Å²) in [6.07, 6.45) is 5.02. The van der Waals surface area contributed by atoms with Gasteiger partial charge in [-0.3, -0.25) is 9.78 Å². The van der Waals surface area contributed by atoms with Crippen molar-refractivity contribution in [2.24, 2.45) is 5.41 Å². The molecule has 0 aliphatic heterocycles. The summed E-state index contributed by atoms with van der Waals surface area (Å²) in [4.78, 5) is 25.4. The summed E-state index contributed by atoms with van der Waals surface area (Å²) in [5, 5.41) is 8.88. The fourth-order valence-corrected chi connectivity index (χ4v) is 6.25. The van der Waals surface area contributed by atoms with Gasteiger partial charge in [0.15, 0.2) is 11.6 Å². The van der Waals surface area contributed by atoms with Crippen molar-refractivity contribution >= 4 is 5.78 Å². The summed E-state index contributed by atoms with van der Waals surface area (Å²) in [7, 11) is 0. The van der Waals surface area contributed by atoms with Gasteiger partial charge in [-0.15, -0.1) is 5.10 Å². The first-order valence-corrected chi connectivity index (χ1v) is 11.9. The van der Waals surface area contributed by atoms with Crippen molar-refractivity contribution in [1.82, 2.24) is 25.1 Å². The summed E-state index contributed by atoms with van der Waals surface area (Å²) < 4.78 is 29.0. The third-order valence-electron chi connectivity index (χ3n) is 8.07. The Morgan fingerprint density at radius 2 is 1.75 bits per heavy atom. The molecule has 0 amide bonds. The van der Waals surface area contributed by atoms with Crippen LogP contribution in [0.3, 0.4) is 0 Å². The molecule has 36 heavy (non-hydrogen) atoms. The highest BCUT2D eigenvalue weighted by Crippen LogP contribution is 2.69. The lowest BCUT2D eigenvalue weighted by molar-refractivity contribution is 0.101. The van der Waals surface area contributed by atoms with Crippen LogP contribution in [0.2, 0.25) is 0 Å². The second-order valence-electron chi connectivity index (χ2n) is 10.1. The van der Waals surface area contributed by atoms with E-state index in [1.165, 1.54) is 25.1 Å². The van der Waals surface area contributed by atoms with Gasteiger partial charge in [-0.1, -0.05) is 19.9 Å². The van der Waals surface area contributed by atoms with Gasteiger partial charge in [0.1, 0.15) is 17.3 Å². The fraction of sp³-hybridized carbons (Fsp3) is 0.286. The van der Waals surface area contributed by atoms with Crippen LogP contribution >= 0.6 is 0 Å². The third-order valence-corrected chi connectivity index (χ3v) is 8.07. The first-order valence-electron chi connectivity index (χ1n) is 11.9. The van der Waals surface area contributed by atoms with Gasteiger partial charge in [-0.2, -0.15) is 5.10 Å². The minimum Gasteiger partial charge on any atom is -0.293 e. The van der Waals surface area contributed by atoms with Crippen LogP contribution < -0.4 is 0 Å². The number of aromatic nitrogens is 5. The SMILES string of the molecule is CC(=O)c1cc(-c2nccc([C@@]34CC[C@@H](c5cc(-c6c(F)cccc6F)nnc53)C4(C)C)n2)ccn1. The van der Waals surface area contributed by atoms with E-state index in [-0.39, 0.29) is 28.4 Å². The number of rotatable bonds is 4. The van der Waals surface area contributed by atoms with Crippen LogP contribution in [-0.4, -0.2) is 30.9 Å². The van der Waals surface area contributed by atoms with Gasteiger partial charge in [0.05, 0.1) is 28.1 Å². The van der Waals surface area contributed by atoms with Crippen LogP contribution in [0.4, 0.5) is 8.78 Å². The van der Waals surface area contributed by atoms with E-state index in [9.17, 15) is 13.6 Å². The first-order chi connectivity index (χ1) is 17.2. The number of carbonyl (C=O) groups is 1. The Bertz CT molecular complexity index is 1530.